The fraction of sp³-hybridized carbons (Fsp3) is 0.133. The Morgan fingerprint density at radius 3 is 2.56 bits per heavy atom. The summed E-state index contributed by atoms with van der Waals surface area (Å²) in [6.45, 7) is 0.518. The Balaban J connectivity index is 1.89. The maximum atomic E-state index is 10.2. The van der Waals surface area contributed by atoms with Crippen LogP contribution in [-0.4, -0.2) is 14.7 Å². The number of hydrogen-bond donors (Lipinski definition) is 1. The number of hydrogen-bond acceptors (Lipinski definition) is 2. The molecule has 0 bridgehead atoms. The zero-order valence-electron chi connectivity index (χ0n) is 9.90. The van der Waals surface area contributed by atoms with Gasteiger partial charge in [-0.1, -0.05) is 42.5 Å². The van der Waals surface area contributed by atoms with E-state index in [1.165, 1.54) is 0 Å². The molecule has 0 amide bonds. The van der Waals surface area contributed by atoms with Crippen molar-refractivity contribution in [3.05, 3.63) is 66.5 Å². The molecule has 1 N–H and O–H groups in total. The zero-order valence-corrected chi connectivity index (χ0v) is 9.90. The molecule has 18 heavy (non-hydrogen) atoms. The lowest BCUT2D eigenvalue weighted by molar-refractivity contribution is 0.158. The lowest BCUT2D eigenvalue weighted by Gasteiger charge is -2.12. The number of fused-ring (bicyclic) bond motifs is 1. The standard InChI is InChI=1S/C15H14N2O/c18-15(12-6-2-1-3-7-12)10-17-11-16-13-8-4-5-9-14(13)17/h1-9,11,15,18H,10H2. The average molecular weight is 238 g/mol. The molecule has 0 radical (unpaired) electrons. The van der Waals surface area contributed by atoms with Crippen LogP contribution in [0.3, 0.4) is 0 Å². The molecular weight excluding hydrogens is 224 g/mol. The van der Waals surface area contributed by atoms with Gasteiger partial charge in [0.15, 0.2) is 0 Å². The third kappa shape index (κ3) is 2.00. The minimum absolute atomic E-state index is 0.510. The van der Waals surface area contributed by atoms with Crippen molar-refractivity contribution in [2.45, 2.75) is 12.6 Å². The molecule has 1 aromatic heterocycles. The fourth-order valence-corrected chi connectivity index (χ4v) is 2.12. The van der Waals surface area contributed by atoms with Crippen LogP contribution in [0, 0.1) is 0 Å². The highest BCUT2D eigenvalue weighted by atomic mass is 16.3. The van der Waals surface area contributed by atoms with Crippen LogP contribution in [0.25, 0.3) is 11.0 Å². The summed E-state index contributed by atoms with van der Waals surface area (Å²) >= 11 is 0. The van der Waals surface area contributed by atoms with E-state index in [0.717, 1.165) is 16.6 Å². The first-order valence-corrected chi connectivity index (χ1v) is 5.97. The average Bonchev–Trinajstić information content (AvgIpc) is 2.83. The summed E-state index contributed by atoms with van der Waals surface area (Å²) in [4.78, 5) is 4.32. The van der Waals surface area contributed by atoms with Crippen molar-refractivity contribution >= 4 is 11.0 Å². The normalized spacial score (nSPS) is 12.7. The van der Waals surface area contributed by atoms with Crippen molar-refractivity contribution in [2.24, 2.45) is 0 Å². The third-order valence-electron chi connectivity index (χ3n) is 3.08. The van der Waals surface area contributed by atoms with Gasteiger partial charge in [0.1, 0.15) is 0 Å². The predicted molar refractivity (Wildman–Crippen MR) is 71.1 cm³/mol. The molecule has 1 heterocycles. The number of nitrogens with zero attached hydrogens (tertiary/aromatic N) is 2. The number of benzene rings is 2. The van der Waals surface area contributed by atoms with Crippen LogP contribution in [0.15, 0.2) is 60.9 Å². The highest BCUT2D eigenvalue weighted by Gasteiger charge is 2.09. The second-order valence-corrected chi connectivity index (χ2v) is 4.31. The first kappa shape index (κ1) is 11.0. The van der Waals surface area contributed by atoms with E-state index in [1.54, 1.807) is 6.33 Å². The van der Waals surface area contributed by atoms with E-state index in [9.17, 15) is 5.11 Å². The van der Waals surface area contributed by atoms with Gasteiger partial charge in [-0.2, -0.15) is 0 Å². The van der Waals surface area contributed by atoms with E-state index in [0.29, 0.717) is 6.54 Å². The summed E-state index contributed by atoms with van der Waals surface area (Å²) in [6.07, 6.45) is 1.26. The number of aliphatic hydroxyl groups excluding tert-OH is 1. The van der Waals surface area contributed by atoms with Crippen molar-refractivity contribution in [3.8, 4) is 0 Å². The molecule has 90 valence electrons. The minimum Gasteiger partial charge on any atom is -0.387 e. The van der Waals surface area contributed by atoms with E-state index in [-0.39, 0.29) is 0 Å². The molecular formula is C15H14N2O. The zero-order chi connectivity index (χ0) is 12.4. The molecule has 0 spiro atoms. The molecule has 3 nitrogen and oxygen atoms in total. The van der Waals surface area contributed by atoms with Crippen LogP contribution in [0.4, 0.5) is 0 Å². The van der Waals surface area contributed by atoms with Crippen LogP contribution < -0.4 is 0 Å². The van der Waals surface area contributed by atoms with Crippen LogP contribution in [0.5, 0.6) is 0 Å². The molecule has 3 rings (SSSR count). The van der Waals surface area contributed by atoms with Gasteiger partial charge in [-0.3, -0.25) is 0 Å². The Kier molecular flexibility index (Phi) is 2.82. The second-order valence-electron chi connectivity index (χ2n) is 4.31. The smallest absolute Gasteiger partial charge is 0.0969 e. The molecule has 0 fully saturated rings. The Bertz CT molecular complexity index is 646. The first-order chi connectivity index (χ1) is 8.84. The van der Waals surface area contributed by atoms with Gasteiger partial charge in [-0.05, 0) is 17.7 Å². The molecule has 0 aliphatic heterocycles. The maximum Gasteiger partial charge on any atom is 0.0969 e. The molecule has 0 saturated heterocycles. The predicted octanol–water partition coefficient (Wildman–Crippen LogP) is 2.77. The quantitative estimate of drug-likeness (QED) is 0.762. The lowest BCUT2D eigenvalue weighted by atomic mass is 10.1. The van der Waals surface area contributed by atoms with Crippen molar-refractivity contribution in [3.63, 3.8) is 0 Å². The largest absolute Gasteiger partial charge is 0.387 e. The van der Waals surface area contributed by atoms with Gasteiger partial charge >= 0.3 is 0 Å². The first-order valence-electron chi connectivity index (χ1n) is 5.97. The van der Waals surface area contributed by atoms with Crippen molar-refractivity contribution in [1.82, 2.24) is 9.55 Å². The number of aromatic nitrogens is 2. The van der Waals surface area contributed by atoms with Crippen molar-refractivity contribution in [1.29, 1.82) is 0 Å². The van der Waals surface area contributed by atoms with Gasteiger partial charge in [-0.15, -0.1) is 0 Å². The van der Waals surface area contributed by atoms with Gasteiger partial charge < -0.3 is 9.67 Å². The van der Waals surface area contributed by atoms with Crippen LogP contribution in [0.1, 0.15) is 11.7 Å². The summed E-state index contributed by atoms with van der Waals surface area (Å²) in [7, 11) is 0. The van der Waals surface area contributed by atoms with Crippen molar-refractivity contribution in [2.75, 3.05) is 0 Å². The van der Waals surface area contributed by atoms with Crippen LogP contribution >= 0.6 is 0 Å². The molecule has 0 saturated carbocycles. The van der Waals surface area contributed by atoms with Crippen LogP contribution in [-0.2, 0) is 6.54 Å². The van der Waals surface area contributed by atoms with Gasteiger partial charge in [-0.25, -0.2) is 4.98 Å². The highest BCUT2D eigenvalue weighted by molar-refractivity contribution is 5.74. The molecule has 3 heteroatoms. The van der Waals surface area contributed by atoms with Gasteiger partial charge in [0, 0.05) is 0 Å². The lowest BCUT2D eigenvalue weighted by Crippen LogP contribution is -2.07. The summed E-state index contributed by atoms with van der Waals surface area (Å²) in [5, 5.41) is 10.2. The Hall–Kier alpha value is -2.13. The Morgan fingerprint density at radius 1 is 1.00 bits per heavy atom. The summed E-state index contributed by atoms with van der Waals surface area (Å²) < 4.78 is 1.98. The molecule has 0 aliphatic rings. The highest BCUT2D eigenvalue weighted by Crippen LogP contribution is 2.18. The van der Waals surface area contributed by atoms with Crippen LogP contribution in [0.2, 0.25) is 0 Å². The second kappa shape index (κ2) is 4.63. The summed E-state index contributed by atoms with van der Waals surface area (Å²) in [5.41, 5.74) is 2.93. The number of rotatable bonds is 3. The van der Waals surface area contributed by atoms with E-state index in [2.05, 4.69) is 4.98 Å². The number of imidazole rings is 1. The summed E-state index contributed by atoms with van der Waals surface area (Å²) in [5.74, 6) is 0. The molecule has 1 unspecified atom stereocenters. The Labute approximate surface area is 105 Å². The minimum atomic E-state index is -0.510. The molecule has 1 atom stereocenters. The van der Waals surface area contributed by atoms with E-state index >= 15 is 0 Å². The van der Waals surface area contributed by atoms with E-state index in [4.69, 9.17) is 0 Å². The van der Waals surface area contributed by atoms with Gasteiger partial charge in [0.2, 0.25) is 0 Å². The third-order valence-corrected chi connectivity index (χ3v) is 3.08. The SMILES string of the molecule is OC(Cn1cnc2ccccc21)c1ccccc1. The molecule has 2 aromatic carbocycles. The Morgan fingerprint density at radius 2 is 1.72 bits per heavy atom. The van der Waals surface area contributed by atoms with Gasteiger partial charge in [0.25, 0.3) is 0 Å². The monoisotopic (exact) mass is 238 g/mol. The number of aliphatic hydroxyl groups is 1. The van der Waals surface area contributed by atoms with E-state index in [1.807, 2.05) is 59.2 Å². The number of para-hydroxylation sites is 2. The van der Waals surface area contributed by atoms with Crippen molar-refractivity contribution < 1.29 is 5.11 Å². The fourth-order valence-electron chi connectivity index (χ4n) is 2.12. The molecule has 0 aliphatic carbocycles. The topological polar surface area (TPSA) is 38.0 Å². The van der Waals surface area contributed by atoms with Gasteiger partial charge in [0.05, 0.1) is 30.0 Å². The summed E-state index contributed by atoms with van der Waals surface area (Å²) in [6, 6.07) is 17.6. The maximum absolute atomic E-state index is 10.2. The molecule has 3 aromatic rings. The van der Waals surface area contributed by atoms with E-state index < -0.39 is 6.10 Å².